The molecule has 0 spiro atoms. The van der Waals surface area contributed by atoms with E-state index in [1.165, 1.54) is 32.1 Å². The third-order valence-electron chi connectivity index (χ3n) is 7.14. The quantitative estimate of drug-likeness (QED) is 0.451. The first-order valence-corrected chi connectivity index (χ1v) is 9.76. The molecule has 5 heteroatoms. The molecular weight excluding hydrogens is 563 g/mol. The number of hydrogen-bond acceptors (Lipinski definition) is 2. The van der Waals surface area contributed by atoms with Crippen LogP contribution in [0.1, 0.15) is 65.7 Å². The van der Waals surface area contributed by atoms with Crippen LogP contribution in [0.4, 0.5) is 0 Å². The maximum Gasteiger partial charge on any atom is 0.0809 e. The molecule has 0 saturated heterocycles. The second-order valence-electron chi connectivity index (χ2n) is 8.92. The Morgan fingerprint density at radius 3 is 2.19 bits per heavy atom. The van der Waals surface area contributed by atoms with Gasteiger partial charge in [0, 0.05) is 98.1 Å². The summed E-state index contributed by atoms with van der Waals surface area (Å²) in [6.07, 6.45) is 11.1. The fraction of sp³-hybridized carbons (Fsp3) is 0.727. The standard InChI is InChI=1S/C22H34O2.3Y/c1-14(2)18-9-10-19-17(6-5-11-22(18,19)4)8-7-16-12-20(23)15(3)21(24)13-16;;;/h7-8,14,18-21,23-24H,3,5-6,9-13H2,1-2,4H3;;;/b16-7?,17-8+;;;/t18?,19?,20?,21?,22-;;;/m1.../s1. The van der Waals surface area contributed by atoms with E-state index in [9.17, 15) is 10.2 Å². The van der Waals surface area contributed by atoms with Crippen LogP contribution in [0.15, 0.2) is 35.5 Å². The second kappa shape index (κ2) is 12.5. The SMILES string of the molecule is C=C1C(O)CC(=C/C=C2\CCC[C@@]3(C)C2CCC3C(C)C)CC1O.[Y].[Y].[Y]. The van der Waals surface area contributed by atoms with Crippen LogP contribution in [0.3, 0.4) is 0 Å². The minimum atomic E-state index is -0.591. The maximum atomic E-state index is 10.0. The molecule has 3 aliphatic carbocycles. The molecule has 5 atom stereocenters. The predicted molar refractivity (Wildman–Crippen MR) is 99.6 cm³/mol. The van der Waals surface area contributed by atoms with Crippen LogP contribution in [0.5, 0.6) is 0 Å². The Balaban J connectivity index is 0.00000225. The van der Waals surface area contributed by atoms with Gasteiger partial charge in [0.1, 0.15) is 0 Å². The van der Waals surface area contributed by atoms with E-state index in [4.69, 9.17) is 0 Å². The van der Waals surface area contributed by atoms with E-state index in [-0.39, 0.29) is 98.1 Å². The van der Waals surface area contributed by atoms with Crippen LogP contribution in [-0.4, -0.2) is 22.4 Å². The van der Waals surface area contributed by atoms with E-state index in [1.807, 2.05) is 0 Å². The van der Waals surface area contributed by atoms with Gasteiger partial charge in [-0.05, 0) is 73.7 Å². The van der Waals surface area contributed by atoms with Crippen molar-refractivity contribution in [3.8, 4) is 0 Å². The van der Waals surface area contributed by atoms with Crippen LogP contribution in [0.2, 0.25) is 0 Å². The average molecular weight is 597 g/mol. The Hall–Kier alpha value is 2.45. The topological polar surface area (TPSA) is 40.5 Å². The first-order valence-electron chi connectivity index (χ1n) is 9.76. The Kier molecular flexibility index (Phi) is 13.6. The molecule has 0 bridgehead atoms. The fourth-order valence-corrected chi connectivity index (χ4v) is 5.80. The molecule has 27 heavy (non-hydrogen) atoms. The molecule has 2 N–H and O–H groups in total. The van der Waals surface area contributed by atoms with E-state index < -0.39 is 12.2 Å². The summed E-state index contributed by atoms with van der Waals surface area (Å²) in [5.74, 6) is 2.34. The van der Waals surface area contributed by atoms with Gasteiger partial charge in [-0.15, -0.1) is 0 Å². The summed E-state index contributed by atoms with van der Waals surface area (Å²) >= 11 is 0. The third kappa shape index (κ3) is 6.47. The van der Waals surface area contributed by atoms with E-state index in [0.29, 0.717) is 23.8 Å². The summed E-state index contributed by atoms with van der Waals surface area (Å²) in [5, 5.41) is 20.0. The maximum absolute atomic E-state index is 10.0. The van der Waals surface area contributed by atoms with Crippen molar-refractivity contribution in [2.24, 2.45) is 23.2 Å². The van der Waals surface area contributed by atoms with Gasteiger partial charge in [0.25, 0.3) is 0 Å². The van der Waals surface area contributed by atoms with Crippen molar-refractivity contribution in [3.63, 3.8) is 0 Å². The molecule has 3 radical (unpaired) electrons. The van der Waals surface area contributed by atoms with Gasteiger partial charge < -0.3 is 10.2 Å². The molecule has 3 rings (SSSR count). The molecule has 2 nitrogen and oxygen atoms in total. The van der Waals surface area contributed by atoms with Crippen LogP contribution in [0.25, 0.3) is 0 Å². The fourth-order valence-electron chi connectivity index (χ4n) is 5.80. The van der Waals surface area contributed by atoms with Gasteiger partial charge in [-0.1, -0.05) is 50.6 Å². The van der Waals surface area contributed by atoms with Gasteiger partial charge in [-0.3, -0.25) is 0 Å². The molecule has 0 amide bonds. The molecule has 3 saturated carbocycles. The smallest absolute Gasteiger partial charge is 0.0809 e. The van der Waals surface area contributed by atoms with E-state index in [1.54, 1.807) is 5.57 Å². The van der Waals surface area contributed by atoms with Crippen LogP contribution in [0, 0.1) is 23.2 Å². The number of hydrogen-bond donors (Lipinski definition) is 2. The summed E-state index contributed by atoms with van der Waals surface area (Å²) in [6, 6.07) is 0. The molecule has 0 heterocycles. The van der Waals surface area contributed by atoms with Crippen molar-refractivity contribution in [3.05, 3.63) is 35.5 Å². The molecule has 0 aliphatic heterocycles. The summed E-state index contributed by atoms with van der Waals surface area (Å²) < 4.78 is 0. The monoisotopic (exact) mass is 597 g/mol. The van der Waals surface area contributed by atoms with E-state index in [2.05, 4.69) is 39.5 Å². The predicted octanol–water partition coefficient (Wildman–Crippen LogP) is 4.78. The normalized spacial score (nSPS) is 37.2. The molecule has 3 aliphatic rings. The van der Waals surface area contributed by atoms with Crippen LogP contribution < -0.4 is 0 Å². The number of aliphatic hydroxyl groups is 2. The van der Waals surface area contributed by atoms with Crippen molar-refractivity contribution in [1.82, 2.24) is 0 Å². The zero-order chi connectivity index (χ0) is 17.5. The number of aliphatic hydroxyl groups excluding tert-OH is 2. The number of fused-ring (bicyclic) bond motifs is 1. The summed E-state index contributed by atoms with van der Waals surface area (Å²) in [4.78, 5) is 0. The minimum Gasteiger partial charge on any atom is -0.388 e. The molecule has 0 aromatic carbocycles. The molecule has 3 fully saturated rings. The Morgan fingerprint density at radius 1 is 1.04 bits per heavy atom. The van der Waals surface area contributed by atoms with Crippen molar-refractivity contribution in [2.75, 3.05) is 0 Å². The van der Waals surface area contributed by atoms with Gasteiger partial charge in [-0.25, -0.2) is 0 Å². The van der Waals surface area contributed by atoms with Gasteiger partial charge in [0.15, 0.2) is 0 Å². The number of allylic oxidation sites excluding steroid dienone is 3. The first-order chi connectivity index (χ1) is 11.3. The Morgan fingerprint density at radius 2 is 1.63 bits per heavy atom. The zero-order valence-electron chi connectivity index (χ0n) is 17.3. The molecule has 0 aromatic heterocycles. The first kappa shape index (κ1) is 29.5. The molecule has 0 aromatic rings. The second-order valence-corrected chi connectivity index (χ2v) is 8.92. The molecular formula is C22H34O2Y3. The third-order valence-corrected chi connectivity index (χ3v) is 7.14. The summed E-state index contributed by atoms with van der Waals surface area (Å²) in [6.45, 7) is 11.1. The molecule has 4 unspecified atom stereocenters. The van der Waals surface area contributed by atoms with Gasteiger partial charge in [0.2, 0.25) is 0 Å². The van der Waals surface area contributed by atoms with Crippen molar-refractivity contribution >= 4 is 0 Å². The Labute approximate surface area is 241 Å². The van der Waals surface area contributed by atoms with Gasteiger partial charge in [0.05, 0.1) is 12.2 Å². The van der Waals surface area contributed by atoms with E-state index in [0.717, 1.165) is 23.3 Å². The van der Waals surface area contributed by atoms with Crippen molar-refractivity contribution in [2.45, 2.75) is 77.9 Å². The molecule has 143 valence electrons. The largest absolute Gasteiger partial charge is 0.388 e. The summed E-state index contributed by atoms with van der Waals surface area (Å²) in [5.41, 5.74) is 3.80. The average Bonchev–Trinajstić information content (AvgIpc) is 2.88. The van der Waals surface area contributed by atoms with Crippen LogP contribution >= 0.6 is 0 Å². The van der Waals surface area contributed by atoms with Crippen molar-refractivity contribution < 1.29 is 108 Å². The summed E-state index contributed by atoms with van der Waals surface area (Å²) in [7, 11) is 0. The van der Waals surface area contributed by atoms with Crippen LogP contribution in [-0.2, 0) is 98.1 Å². The van der Waals surface area contributed by atoms with E-state index >= 15 is 0 Å². The minimum absolute atomic E-state index is 0. The zero-order valence-corrected chi connectivity index (χ0v) is 25.8. The van der Waals surface area contributed by atoms with Gasteiger partial charge in [-0.2, -0.15) is 0 Å². The Bertz CT molecular complexity index is 554. The van der Waals surface area contributed by atoms with Crippen molar-refractivity contribution in [1.29, 1.82) is 0 Å². The number of rotatable bonds is 2. The van der Waals surface area contributed by atoms with Gasteiger partial charge >= 0.3 is 0 Å².